The fourth-order valence-corrected chi connectivity index (χ4v) is 6.52. The summed E-state index contributed by atoms with van der Waals surface area (Å²) >= 11 is 1.23. The maximum absolute atomic E-state index is 12.7. The van der Waals surface area contributed by atoms with Crippen molar-refractivity contribution in [2.24, 2.45) is 11.8 Å². The number of carbonyl (C=O) groups is 1. The second-order valence-corrected chi connectivity index (χ2v) is 10.9. The average molecular weight is 414 g/mol. The predicted molar refractivity (Wildman–Crippen MR) is 108 cm³/mol. The van der Waals surface area contributed by atoms with Gasteiger partial charge in [0.05, 0.1) is 5.92 Å². The fourth-order valence-electron chi connectivity index (χ4n) is 3.86. The molecule has 6 nitrogen and oxygen atoms in total. The maximum Gasteiger partial charge on any atom is 0.252 e. The van der Waals surface area contributed by atoms with E-state index in [-0.39, 0.29) is 18.4 Å². The van der Waals surface area contributed by atoms with Crippen LogP contribution in [0.25, 0.3) is 0 Å². The second-order valence-electron chi connectivity index (χ2n) is 7.80. The van der Waals surface area contributed by atoms with E-state index >= 15 is 0 Å². The molecule has 0 unspecified atom stereocenters. The van der Waals surface area contributed by atoms with Crippen molar-refractivity contribution in [1.29, 1.82) is 0 Å². The van der Waals surface area contributed by atoms with Crippen LogP contribution in [0.2, 0.25) is 0 Å². The van der Waals surface area contributed by atoms with Gasteiger partial charge >= 0.3 is 0 Å². The minimum atomic E-state index is -3.46. The lowest BCUT2D eigenvalue weighted by Crippen LogP contribution is -2.45. The second kappa shape index (κ2) is 9.49. The van der Waals surface area contributed by atoms with Crippen LogP contribution in [0.3, 0.4) is 0 Å². The van der Waals surface area contributed by atoms with E-state index in [1.54, 1.807) is 17.5 Å². The summed E-state index contributed by atoms with van der Waals surface area (Å²) in [6, 6.07) is 3.37. The van der Waals surface area contributed by atoms with Gasteiger partial charge in [0.1, 0.15) is 4.21 Å². The Balaban J connectivity index is 1.42. The van der Waals surface area contributed by atoms with E-state index in [2.05, 4.69) is 17.1 Å². The van der Waals surface area contributed by atoms with Gasteiger partial charge in [0.25, 0.3) is 10.0 Å². The Labute approximate surface area is 167 Å². The molecule has 3 heterocycles. The monoisotopic (exact) mass is 413 g/mol. The third kappa shape index (κ3) is 5.53. The summed E-state index contributed by atoms with van der Waals surface area (Å²) < 4.78 is 27.2. The Hall–Kier alpha value is -0.960. The number of hydrogen-bond acceptors (Lipinski definition) is 5. The first kappa shape index (κ1) is 20.8. The molecule has 2 aliphatic heterocycles. The van der Waals surface area contributed by atoms with Gasteiger partial charge < -0.3 is 10.2 Å². The van der Waals surface area contributed by atoms with Crippen LogP contribution in [0.5, 0.6) is 0 Å². The quantitative estimate of drug-likeness (QED) is 0.697. The van der Waals surface area contributed by atoms with Gasteiger partial charge in [-0.2, -0.15) is 4.31 Å². The smallest absolute Gasteiger partial charge is 0.252 e. The summed E-state index contributed by atoms with van der Waals surface area (Å²) in [7, 11) is -3.46. The van der Waals surface area contributed by atoms with Gasteiger partial charge in [0.15, 0.2) is 0 Å². The normalized spacial score (nSPS) is 23.4. The van der Waals surface area contributed by atoms with Crippen LogP contribution in [-0.2, 0) is 14.8 Å². The summed E-state index contributed by atoms with van der Waals surface area (Å²) in [6.45, 7) is 7.10. The van der Waals surface area contributed by atoms with Gasteiger partial charge in [-0.15, -0.1) is 11.3 Å². The van der Waals surface area contributed by atoms with Crippen LogP contribution in [0.15, 0.2) is 21.7 Å². The molecule has 0 spiro atoms. The van der Waals surface area contributed by atoms with Gasteiger partial charge in [-0.25, -0.2) is 8.42 Å². The van der Waals surface area contributed by atoms with Crippen molar-refractivity contribution in [2.75, 3.05) is 39.3 Å². The molecule has 2 saturated heterocycles. The summed E-state index contributed by atoms with van der Waals surface area (Å²) in [4.78, 5) is 15.0. The molecule has 3 rings (SSSR count). The van der Waals surface area contributed by atoms with E-state index in [1.807, 2.05) is 0 Å². The Kier molecular flexibility index (Phi) is 7.30. The number of nitrogens with one attached hydrogen (secondary N) is 1. The minimum absolute atomic E-state index is 0.00616. The van der Waals surface area contributed by atoms with E-state index in [0.717, 1.165) is 44.8 Å². The number of rotatable bonds is 7. The van der Waals surface area contributed by atoms with Crippen LogP contribution in [0.1, 0.15) is 39.0 Å². The molecule has 152 valence electrons. The summed E-state index contributed by atoms with van der Waals surface area (Å²) in [5.41, 5.74) is 0. The molecule has 1 aromatic heterocycles. The van der Waals surface area contributed by atoms with E-state index in [0.29, 0.717) is 17.3 Å². The van der Waals surface area contributed by atoms with Crippen LogP contribution in [0.4, 0.5) is 0 Å². The molecule has 1 amide bonds. The number of hydrogen-bond donors (Lipinski definition) is 1. The highest BCUT2D eigenvalue weighted by Gasteiger charge is 2.33. The fraction of sp³-hybridized carbons (Fsp3) is 0.737. The number of carbonyl (C=O) groups excluding carboxylic acids is 1. The number of piperidine rings is 2. The van der Waals surface area contributed by atoms with Crippen molar-refractivity contribution in [3.05, 3.63) is 17.5 Å². The molecule has 0 radical (unpaired) electrons. The lowest BCUT2D eigenvalue weighted by molar-refractivity contribution is -0.126. The highest BCUT2D eigenvalue weighted by molar-refractivity contribution is 7.91. The Morgan fingerprint density at radius 1 is 1.26 bits per heavy atom. The number of likely N-dealkylation sites (tertiary alicyclic amines) is 1. The molecule has 0 aromatic carbocycles. The lowest BCUT2D eigenvalue weighted by atomic mass is 9.98. The zero-order valence-electron chi connectivity index (χ0n) is 16.1. The number of nitrogens with zero attached hydrogens (tertiary/aromatic N) is 2. The van der Waals surface area contributed by atoms with Crippen molar-refractivity contribution in [2.45, 2.75) is 43.2 Å². The molecular formula is C19H31N3O3S2. The molecule has 1 N–H and O–H groups in total. The predicted octanol–water partition coefficient (Wildman–Crippen LogP) is 2.39. The molecule has 0 saturated carbocycles. The van der Waals surface area contributed by atoms with Crippen molar-refractivity contribution in [3.8, 4) is 0 Å². The molecule has 27 heavy (non-hydrogen) atoms. The third-order valence-corrected chi connectivity index (χ3v) is 8.91. The molecule has 2 fully saturated rings. The lowest BCUT2D eigenvalue weighted by Gasteiger charge is -2.31. The molecule has 1 aromatic rings. The maximum atomic E-state index is 12.7. The summed E-state index contributed by atoms with van der Waals surface area (Å²) in [5.74, 6) is 0.582. The standard InChI is InChI=1S/C19H31N3O3S2/c1-16-7-12-21(13-8-16)10-4-9-20-19(23)17-5-2-11-22(15-17)27(24,25)18-6-3-14-26-18/h3,6,14,16-17H,2,4-5,7-13,15H2,1H3,(H,20,23)/t17-/m0/s1. The van der Waals surface area contributed by atoms with Crippen LogP contribution in [-0.4, -0.2) is 62.8 Å². The minimum Gasteiger partial charge on any atom is -0.356 e. The molecule has 0 aliphatic carbocycles. The average Bonchev–Trinajstić information content (AvgIpc) is 3.22. The van der Waals surface area contributed by atoms with Crippen LogP contribution in [0, 0.1) is 11.8 Å². The van der Waals surface area contributed by atoms with Gasteiger partial charge in [0, 0.05) is 19.6 Å². The Morgan fingerprint density at radius 3 is 2.74 bits per heavy atom. The van der Waals surface area contributed by atoms with Gasteiger partial charge in [0.2, 0.25) is 5.91 Å². The van der Waals surface area contributed by atoms with Crippen molar-refractivity contribution >= 4 is 27.3 Å². The first-order valence-corrected chi connectivity index (χ1v) is 12.3. The zero-order valence-corrected chi connectivity index (χ0v) is 17.7. The van der Waals surface area contributed by atoms with E-state index < -0.39 is 10.0 Å². The summed E-state index contributed by atoms with van der Waals surface area (Å²) in [5, 5.41) is 4.79. The molecular weight excluding hydrogens is 382 g/mol. The van der Waals surface area contributed by atoms with E-state index in [9.17, 15) is 13.2 Å². The van der Waals surface area contributed by atoms with E-state index in [4.69, 9.17) is 0 Å². The number of amides is 1. The SMILES string of the molecule is CC1CCN(CCCNC(=O)[C@H]2CCCN(S(=O)(=O)c3cccs3)C2)CC1. The number of thiophene rings is 1. The summed E-state index contributed by atoms with van der Waals surface area (Å²) in [6.07, 6.45) is 4.97. The van der Waals surface area contributed by atoms with E-state index in [1.165, 1.54) is 28.5 Å². The van der Waals surface area contributed by atoms with Gasteiger partial charge in [-0.3, -0.25) is 4.79 Å². The molecule has 0 bridgehead atoms. The molecule has 1 atom stereocenters. The molecule has 8 heteroatoms. The van der Waals surface area contributed by atoms with Gasteiger partial charge in [-0.05, 0) is 69.1 Å². The highest BCUT2D eigenvalue weighted by Crippen LogP contribution is 2.26. The van der Waals surface area contributed by atoms with Crippen molar-refractivity contribution in [3.63, 3.8) is 0 Å². The van der Waals surface area contributed by atoms with Crippen LogP contribution < -0.4 is 5.32 Å². The largest absolute Gasteiger partial charge is 0.356 e. The first-order valence-electron chi connectivity index (χ1n) is 10.0. The molecule has 2 aliphatic rings. The number of sulfonamides is 1. The first-order chi connectivity index (χ1) is 13.0. The van der Waals surface area contributed by atoms with Crippen molar-refractivity contribution < 1.29 is 13.2 Å². The topological polar surface area (TPSA) is 69.7 Å². The van der Waals surface area contributed by atoms with Gasteiger partial charge in [-0.1, -0.05) is 13.0 Å². The Morgan fingerprint density at radius 2 is 2.04 bits per heavy atom. The van der Waals surface area contributed by atoms with Crippen LogP contribution >= 0.6 is 11.3 Å². The third-order valence-electron chi connectivity index (χ3n) is 5.67. The van der Waals surface area contributed by atoms with Crippen molar-refractivity contribution in [1.82, 2.24) is 14.5 Å². The zero-order chi connectivity index (χ0) is 19.3. The highest BCUT2D eigenvalue weighted by atomic mass is 32.2. The Bertz CT molecular complexity index is 698.